The van der Waals surface area contributed by atoms with Crippen molar-refractivity contribution in [3.8, 4) is 17.3 Å². The van der Waals surface area contributed by atoms with Crippen molar-refractivity contribution in [1.82, 2.24) is 18.9 Å². The van der Waals surface area contributed by atoms with Crippen LogP contribution in [0, 0.1) is 12.1 Å². The van der Waals surface area contributed by atoms with Gasteiger partial charge in [0.1, 0.15) is 17.0 Å². The second kappa shape index (κ2) is 10.8. The number of benzene rings is 5. The Balaban J connectivity index is 0.00000325. The number of aromatic nitrogens is 4. The van der Waals surface area contributed by atoms with Gasteiger partial charge in [-0.3, -0.25) is 4.98 Å². The number of hydrogen-bond acceptors (Lipinski definition) is 4. The predicted octanol–water partition coefficient (Wildman–Crippen LogP) is 10.7. The minimum absolute atomic E-state index is 0. The average Bonchev–Trinajstić information content (AvgIpc) is 3.81. The Labute approximate surface area is 295 Å². The first-order valence-corrected chi connectivity index (χ1v) is 16.1. The quantitative estimate of drug-likeness (QED) is 0.132. The first kappa shape index (κ1) is 29.7. The minimum Gasteiger partial charge on any atom is -0.503 e. The Kier molecular flexibility index (Phi) is 6.53. The van der Waals surface area contributed by atoms with E-state index >= 15 is 0 Å². The first-order chi connectivity index (χ1) is 23.4. The Bertz CT molecular complexity index is 2930. The molecule has 5 heterocycles. The van der Waals surface area contributed by atoms with E-state index < -0.39 is 0 Å². The summed E-state index contributed by atoms with van der Waals surface area (Å²) in [6, 6.07) is 40.4. The van der Waals surface area contributed by atoms with Crippen molar-refractivity contribution in [1.29, 1.82) is 0 Å². The zero-order valence-corrected chi connectivity index (χ0v) is 29.2. The van der Waals surface area contributed by atoms with Crippen LogP contribution in [0.15, 0.2) is 120 Å². The third kappa shape index (κ3) is 4.51. The maximum atomic E-state index is 6.51. The molecule has 0 fully saturated rings. The number of furan rings is 1. The van der Waals surface area contributed by atoms with Gasteiger partial charge in [0.05, 0.1) is 5.65 Å². The Hall–Kier alpha value is -5.45. The number of hydrogen-bond donors (Lipinski definition) is 0. The molecule has 0 saturated carbocycles. The monoisotopic (exact) mass is 815 g/mol. The molecule has 6 nitrogen and oxygen atoms in total. The molecular weight excluding hydrogens is 788 g/mol. The van der Waals surface area contributed by atoms with Crippen molar-refractivity contribution >= 4 is 71.1 Å². The van der Waals surface area contributed by atoms with Crippen molar-refractivity contribution in [2.24, 2.45) is 0 Å². The summed E-state index contributed by atoms with van der Waals surface area (Å²) in [5, 5.41) is 7.38. The minimum atomic E-state index is -0.00991. The summed E-state index contributed by atoms with van der Waals surface area (Å²) in [7, 11) is 0. The molecule has 5 aromatic heterocycles. The van der Waals surface area contributed by atoms with Crippen molar-refractivity contribution in [3.63, 3.8) is 0 Å². The second-order valence-electron chi connectivity index (χ2n) is 13.4. The molecule has 0 bridgehead atoms. The summed E-state index contributed by atoms with van der Waals surface area (Å²) >= 11 is 0. The summed E-state index contributed by atoms with van der Waals surface area (Å²) in [6.07, 6.45) is 5.71. The molecule has 0 spiro atoms. The first-order valence-electron chi connectivity index (χ1n) is 16.1. The van der Waals surface area contributed by atoms with E-state index in [1.54, 1.807) is 0 Å². The second-order valence-corrected chi connectivity index (χ2v) is 13.4. The Morgan fingerprint density at radius 3 is 2.29 bits per heavy atom. The van der Waals surface area contributed by atoms with Gasteiger partial charge in [-0.2, -0.15) is 6.07 Å². The number of imidazole rings is 1. The molecule has 5 aromatic carbocycles. The van der Waals surface area contributed by atoms with Crippen molar-refractivity contribution in [2.45, 2.75) is 26.2 Å². The van der Waals surface area contributed by atoms with Crippen molar-refractivity contribution in [2.75, 3.05) is 0 Å². The van der Waals surface area contributed by atoms with Crippen LogP contribution in [0.25, 0.3) is 76.9 Å². The summed E-state index contributed by atoms with van der Waals surface area (Å²) in [6.45, 7) is 6.65. The molecule has 0 N–H and O–H groups in total. The molecule has 49 heavy (non-hydrogen) atoms. The van der Waals surface area contributed by atoms with Crippen molar-refractivity contribution < 1.29 is 30.2 Å². The number of nitrogens with zero attached hydrogens (tertiary/aromatic N) is 4. The van der Waals surface area contributed by atoms with E-state index in [0.717, 1.165) is 76.9 Å². The van der Waals surface area contributed by atoms with E-state index in [2.05, 4.69) is 109 Å². The SMILES string of the molecule is CC(C)(C)c1ccnc(-n2c3[c-]c(Oc4[c-]c5c(cc4)c4cc6oc7ccccc7c6cc4n4ccnc54)ccc3c3ccccc32)c1.[Pt+2]. The number of pyridine rings is 2. The van der Waals surface area contributed by atoms with E-state index in [0.29, 0.717) is 11.5 Å². The van der Waals surface area contributed by atoms with Crippen LogP contribution < -0.4 is 4.74 Å². The largest absolute Gasteiger partial charge is 2.00 e. The molecule has 0 unspecified atom stereocenters. The van der Waals surface area contributed by atoms with Gasteiger partial charge >= 0.3 is 21.1 Å². The summed E-state index contributed by atoms with van der Waals surface area (Å²) in [4.78, 5) is 9.55. The molecule has 0 aliphatic carbocycles. The molecule has 0 saturated heterocycles. The van der Waals surface area contributed by atoms with Crippen LogP contribution in [0.3, 0.4) is 0 Å². The zero-order valence-electron chi connectivity index (χ0n) is 26.9. The third-order valence-electron chi connectivity index (χ3n) is 9.45. The van der Waals surface area contributed by atoms with E-state index in [4.69, 9.17) is 19.1 Å². The van der Waals surface area contributed by atoms with Gasteiger partial charge in [0.2, 0.25) is 0 Å². The molecular formula is C42H28N4O2Pt. The van der Waals surface area contributed by atoms with Gasteiger partial charge in [-0.15, -0.1) is 29.7 Å². The molecule has 238 valence electrons. The number of fused-ring (bicyclic) bond motifs is 12. The van der Waals surface area contributed by atoms with Gasteiger partial charge in [-0.25, -0.2) is 4.98 Å². The van der Waals surface area contributed by atoms with Crippen LogP contribution >= 0.6 is 0 Å². The van der Waals surface area contributed by atoms with Gasteiger partial charge in [-0.1, -0.05) is 79.5 Å². The fourth-order valence-electron chi connectivity index (χ4n) is 7.09. The number of rotatable bonds is 3. The molecule has 0 aliphatic rings. The fraction of sp³-hybridized carbons (Fsp3) is 0.0952. The molecule has 0 atom stereocenters. The molecule has 0 aliphatic heterocycles. The normalized spacial score (nSPS) is 12.2. The Morgan fingerprint density at radius 1 is 0.653 bits per heavy atom. The number of ether oxygens (including phenoxy) is 1. The number of para-hydroxylation sites is 2. The average molecular weight is 816 g/mol. The van der Waals surface area contributed by atoms with E-state index in [1.807, 2.05) is 48.9 Å². The Morgan fingerprint density at radius 2 is 1.43 bits per heavy atom. The smallest absolute Gasteiger partial charge is 0.503 e. The van der Waals surface area contributed by atoms with Crippen molar-refractivity contribution in [3.05, 3.63) is 133 Å². The van der Waals surface area contributed by atoms with E-state index in [-0.39, 0.29) is 26.5 Å². The molecule has 10 aromatic rings. The predicted molar refractivity (Wildman–Crippen MR) is 193 cm³/mol. The van der Waals surface area contributed by atoms with E-state index in [9.17, 15) is 0 Å². The van der Waals surface area contributed by atoms with Gasteiger partial charge in [0, 0.05) is 51.9 Å². The van der Waals surface area contributed by atoms with Gasteiger partial charge in [0.15, 0.2) is 0 Å². The zero-order chi connectivity index (χ0) is 32.1. The molecule has 0 amide bonds. The molecule has 7 heteroatoms. The van der Waals surface area contributed by atoms with Gasteiger partial charge in [0.25, 0.3) is 0 Å². The third-order valence-corrected chi connectivity index (χ3v) is 9.45. The van der Waals surface area contributed by atoms with Crippen LogP contribution in [0.5, 0.6) is 11.5 Å². The van der Waals surface area contributed by atoms with Gasteiger partial charge in [-0.05, 0) is 58.1 Å². The van der Waals surface area contributed by atoms with Gasteiger partial charge < -0.3 is 18.1 Å². The molecule has 0 radical (unpaired) electrons. The van der Waals surface area contributed by atoms with E-state index in [1.165, 1.54) is 5.56 Å². The topological polar surface area (TPSA) is 57.5 Å². The molecule has 10 rings (SSSR count). The fourth-order valence-corrected chi connectivity index (χ4v) is 7.09. The van der Waals surface area contributed by atoms with Crippen LogP contribution in [-0.4, -0.2) is 18.9 Å². The maximum absolute atomic E-state index is 6.51. The van der Waals surface area contributed by atoms with Crippen LogP contribution in [-0.2, 0) is 26.5 Å². The summed E-state index contributed by atoms with van der Waals surface area (Å²) in [5.41, 5.74) is 6.80. The van der Waals surface area contributed by atoms with Crippen LogP contribution in [0.4, 0.5) is 0 Å². The maximum Gasteiger partial charge on any atom is 2.00 e. The van der Waals surface area contributed by atoms with Crippen LogP contribution in [0.2, 0.25) is 0 Å². The summed E-state index contributed by atoms with van der Waals surface area (Å²) < 4.78 is 17.1. The van der Waals surface area contributed by atoms with Crippen LogP contribution in [0.1, 0.15) is 26.3 Å². The standard InChI is InChI=1S/C42H28N4O2.Pt/c1-42(2,3)25-16-17-43-40(20-25)46-35-10-6-4-8-29(35)30-15-13-27(22-37(30)46)47-26-12-14-28-32-24-39-33(31-9-5-7-11-38(31)48-39)23-36(32)45-19-18-44-41(45)34(28)21-26;/h4-20,23-24H,1-3H3;/q-2;+2. The summed E-state index contributed by atoms with van der Waals surface area (Å²) in [5.74, 6) is 2.03.